The third kappa shape index (κ3) is 2.87. The van der Waals surface area contributed by atoms with E-state index in [1.54, 1.807) is 0 Å². The summed E-state index contributed by atoms with van der Waals surface area (Å²) in [7, 11) is 0. The van der Waals surface area contributed by atoms with Crippen molar-refractivity contribution < 1.29 is 18.0 Å². The van der Waals surface area contributed by atoms with Crippen molar-refractivity contribution in [3.63, 3.8) is 0 Å². The topological polar surface area (TPSA) is 55.1 Å². The Morgan fingerprint density at radius 2 is 2.13 bits per heavy atom. The van der Waals surface area contributed by atoms with Crippen LogP contribution in [0.2, 0.25) is 0 Å². The van der Waals surface area contributed by atoms with Gasteiger partial charge in [0.25, 0.3) is 12.3 Å². The SMILES string of the molecule is Nc1c(F)cccc1C(=O)NCC(F)F. The van der Waals surface area contributed by atoms with E-state index in [9.17, 15) is 18.0 Å². The third-order valence-corrected chi connectivity index (χ3v) is 1.71. The molecule has 1 aromatic carbocycles. The number of benzene rings is 1. The molecule has 0 aliphatic carbocycles. The van der Waals surface area contributed by atoms with E-state index >= 15 is 0 Å². The fraction of sp³-hybridized carbons (Fsp3) is 0.222. The van der Waals surface area contributed by atoms with Crippen LogP contribution in [0.4, 0.5) is 18.9 Å². The van der Waals surface area contributed by atoms with Crippen LogP contribution in [0, 0.1) is 5.82 Å². The Labute approximate surface area is 84.1 Å². The van der Waals surface area contributed by atoms with Crippen molar-refractivity contribution in [2.45, 2.75) is 6.43 Å². The molecule has 15 heavy (non-hydrogen) atoms. The summed E-state index contributed by atoms with van der Waals surface area (Å²) in [6.45, 7) is -0.783. The minimum absolute atomic E-state index is 0.143. The quantitative estimate of drug-likeness (QED) is 0.753. The van der Waals surface area contributed by atoms with Gasteiger partial charge in [0, 0.05) is 0 Å². The van der Waals surface area contributed by atoms with Crippen molar-refractivity contribution in [1.82, 2.24) is 5.32 Å². The van der Waals surface area contributed by atoms with Crippen molar-refractivity contribution in [2.75, 3.05) is 12.3 Å². The lowest BCUT2D eigenvalue weighted by atomic mass is 10.1. The molecule has 0 saturated carbocycles. The highest BCUT2D eigenvalue weighted by atomic mass is 19.3. The van der Waals surface area contributed by atoms with Crippen LogP contribution in [0.25, 0.3) is 0 Å². The second-order valence-corrected chi connectivity index (χ2v) is 2.80. The van der Waals surface area contributed by atoms with Crippen LogP contribution in [-0.4, -0.2) is 18.9 Å². The fourth-order valence-electron chi connectivity index (χ4n) is 1.00. The summed E-state index contributed by atoms with van der Waals surface area (Å²) in [6, 6.07) is 3.63. The molecule has 0 spiro atoms. The molecule has 0 saturated heterocycles. The van der Waals surface area contributed by atoms with Gasteiger partial charge in [-0.15, -0.1) is 0 Å². The van der Waals surface area contributed by atoms with Gasteiger partial charge < -0.3 is 11.1 Å². The summed E-state index contributed by atoms with van der Waals surface area (Å²) >= 11 is 0. The van der Waals surface area contributed by atoms with Gasteiger partial charge in [-0.2, -0.15) is 0 Å². The Balaban J connectivity index is 2.78. The van der Waals surface area contributed by atoms with Gasteiger partial charge in [-0.1, -0.05) is 6.07 Å². The first-order chi connectivity index (χ1) is 7.02. The molecule has 0 atom stereocenters. The van der Waals surface area contributed by atoms with Gasteiger partial charge in [0.1, 0.15) is 5.82 Å². The Hall–Kier alpha value is -1.72. The largest absolute Gasteiger partial charge is 0.396 e. The van der Waals surface area contributed by atoms with Crippen molar-refractivity contribution in [3.05, 3.63) is 29.6 Å². The summed E-state index contributed by atoms with van der Waals surface area (Å²) in [6.07, 6.45) is -2.65. The van der Waals surface area contributed by atoms with E-state index in [-0.39, 0.29) is 11.3 Å². The molecule has 1 rings (SSSR count). The Bertz CT molecular complexity index is 368. The lowest BCUT2D eigenvalue weighted by Crippen LogP contribution is -2.29. The van der Waals surface area contributed by atoms with Crippen LogP contribution in [0.5, 0.6) is 0 Å². The number of para-hydroxylation sites is 1. The number of carbonyl (C=O) groups is 1. The first-order valence-electron chi connectivity index (χ1n) is 4.12. The summed E-state index contributed by atoms with van der Waals surface area (Å²) in [4.78, 5) is 11.2. The zero-order valence-electron chi connectivity index (χ0n) is 7.64. The van der Waals surface area contributed by atoms with Crippen molar-refractivity contribution in [3.8, 4) is 0 Å². The zero-order valence-corrected chi connectivity index (χ0v) is 7.64. The van der Waals surface area contributed by atoms with Gasteiger partial charge in [-0.25, -0.2) is 13.2 Å². The molecule has 0 heterocycles. The van der Waals surface area contributed by atoms with Gasteiger partial charge in [0.05, 0.1) is 17.8 Å². The average Bonchev–Trinajstić information content (AvgIpc) is 2.18. The molecule has 1 aromatic rings. The molecule has 0 radical (unpaired) electrons. The highest BCUT2D eigenvalue weighted by Gasteiger charge is 2.13. The monoisotopic (exact) mass is 218 g/mol. The first kappa shape index (κ1) is 11.4. The number of amides is 1. The average molecular weight is 218 g/mol. The zero-order chi connectivity index (χ0) is 11.4. The first-order valence-corrected chi connectivity index (χ1v) is 4.12. The number of carbonyl (C=O) groups excluding carboxylic acids is 1. The molecule has 0 aliphatic rings. The predicted molar refractivity (Wildman–Crippen MR) is 49.1 cm³/mol. The van der Waals surface area contributed by atoms with E-state index < -0.39 is 24.7 Å². The van der Waals surface area contributed by atoms with Crippen LogP contribution in [0.3, 0.4) is 0 Å². The van der Waals surface area contributed by atoms with Gasteiger partial charge in [-0.3, -0.25) is 4.79 Å². The summed E-state index contributed by atoms with van der Waals surface area (Å²) in [5.74, 6) is -1.56. The molecular formula is C9H9F3N2O. The van der Waals surface area contributed by atoms with Gasteiger partial charge in [0.15, 0.2) is 0 Å². The number of hydrogen-bond acceptors (Lipinski definition) is 2. The Morgan fingerprint density at radius 3 is 2.73 bits per heavy atom. The predicted octanol–water partition coefficient (Wildman–Crippen LogP) is 1.40. The van der Waals surface area contributed by atoms with Crippen LogP contribution in [-0.2, 0) is 0 Å². The van der Waals surface area contributed by atoms with E-state index in [4.69, 9.17) is 5.73 Å². The second-order valence-electron chi connectivity index (χ2n) is 2.80. The number of alkyl halides is 2. The molecule has 0 aromatic heterocycles. The maximum absolute atomic E-state index is 12.9. The maximum atomic E-state index is 12.9. The van der Waals surface area contributed by atoms with Gasteiger partial charge >= 0.3 is 0 Å². The standard InChI is InChI=1S/C9H9F3N2O/c10-6-3-1-2-5(8(6)13)9(15)14-4-7(11)12/h1-3,7H,4,13H2,(H,14,15). The number of anilines is 1. The molecule has 0 aliphatic heterocycles. The molecule has 82 valence electrons. The maximum Gasteiger partial charge on any atom is 0.255 e. The van der Waals surface area contributed by atoms with E-state index in [1.165, 1.54) is 12.1 Å². The molecule has 0 unspecified atom stereocenters. The molecule has 3 N–H and O–H groups in total. The highest BCUT2D eigenvalue weighted by molar-refractivity contribution is 5.99. The van der Waals surface area contributed by atoms with E-state index in [1.807, 2.05) is 5.32 Å². The fourth-order valence-corrected chi connectivity index (χ4v) is 1.00. The van der Waals surface area contributed by atoms with E-state index in [2.05, 4.69) is 0 Å². The third-order valence-electron chi connectivity index (χ3n) is 1.71. The molecule has 0 fully saturated rings. The number of hydrogen-bond donors (Lipinski definition) is 2. The summed E-state index contributed by atoms with van der Waals surface area (Å²) in [5.41, 5.74) is 4.78. The number of nitrogens with two attached hydrogens (primary N) is 1. The Morgan fingerprint density at radius 1 is 1.47 bits per heavy atom. The lowest BCUT2D eigenvalue weighted by Gasteiger charge is -2.07. The summed E-state index contributed by atoms with van der Waals surface area (Å²) < 4.78 is 36.4. The summed E-state index contributed by atoms with van der Waals surface area (Å²) in [5, 5.41) is 1.93. The number of halogens is 3. The van der Waals surface area contributed by atoms with Crippen LogP contribution >= 0.6 is 0 Å². The van der Waals surface area contributed by atoms with Gasteiger partial charge in [0.2, 0.25) is 0 Å². The molecule has 1 amide bonds. The molecule has 6 heteroatoms. The van der Waals surface area contributed by atoms with Crippen LogP contribution < -0.4 is 11.1 Å². The van der Waals surface area contributed by atoms with Crippen molar-refractivity contribution >= 4 is 11.6 Å². The smallest absolute Gasteiger partial charge is 0.255 e. The minimum atomic E-state index is -2.65. The van der Waals surface area contributed by atoms with E-state index in [0.29, 0.717) is 0 Å². The molecular weight excluding hydrogens is 209 g/mol. The number of nitrogen functional groups attached to an aromatic ring is 1. The van der Waals surface area contributed by atoms with Crippen molar-refractivity contribution in [2.24, 2.45) is 0 Å². The second kappa shape index (κ2) is 4.68. The van der Waals surface area contributed by atoms with Crippen molar-refractivity contribution in [1.29, 1.82) is 0 Å². The lowest BCUT2D eigenvalue weighted by molar-refractivity contribution is 0.0892. The molecule has 3 nitrogen and oxygen atoms in total. The number of nitrogens with one attached hydrogen (secondary N) is 1. The molecule has 0 bridgehead atoms. The minimum Gasteiger partial charge on any atom is -0.396 e. The van der Waals surface area contributed by atoms with Gasteiger partial charge in [-0.05, 0) is 12.1 Å². The normalized spacial score (nSPS) is 10.4. The Kier molecular flexibility index (Phi) is 3.54. The van der Waals surface area contributed by atoms with Crippen LogP contribution in [0.1, 0.15) is 10.4 Å². The van der Waals surface area contributed by atoms with Crippen LogP contribution in [0.15, 0.2) is 18.2 Å². The number of rotatable bonds is 3. The van der Waals surface area contributed by atoms with E-state index in [0.717, 1.165) is 6.07 Å². The highest BCUT2D eigenvalue weighted by Crippen LogP contribution is 2.15.